The lowest BCUT2D eigenvalue weighted by Gasteiger charge is -2.15. The SMILES string of the molecule is CC(CCS(C)=O)n1c(N)nc2cc(Br)ccc21. The van der Waals surface area contributed by atoms with E-state index >= 15 is 0 Å². The van der Waals surface area contributed by atoms with E-state index < -0.39 is 10.8 Å². The quantitative estimate of drug-likeness (QED) is 0.938. The Bertz CT molecular complexity index is 596. The lowest BCUT2D eigenvalue weighted by molar-refractivity contribution is 0.552. The number of nitrogens with two attached hydrogens (primary N) is 1. The summed E-state index contributed by atoms with van der Waals surface area (Å²) in [5.41, 5.74) is 7.87. The Hall–Kier alpha value is -0.880. The molecule has 2 aromatic rings. The maximum absolute atomic E-state index is 11.2. The smallest absolute Gasteiger partial charge is 0.201 e. The lowest BCUT2D eigenvalue weighted by atomic mass is 10.2. The standard InChI is InChI=1S/C12H16BrN3OS/c1-8(5-6-18(2)17)16-11-4-3-9(13)7-10(11)15-12(16)14/h3-4,7-8H,5-6H2,1-2H3,(H2,14,15). The topological polar surface area (TPSA) is 60.9 Å². The van der Waals surface area contributed by atoms with Crippen LogP contribution in [0.4, 0.5) is 5.95 Å². The molecule has 2 unspecified atom stereocenters. The summed E-state index contributed by atoms with van der Waals surface area (Å²) in [6.07, 6.45) is 2.55. The molecular weight excluding hydrogens is 314 g/mol. The second-order valence-electron chi connectivity index (χ2n) is 4.39. The van der Waals surface area contributed by atoms with Crippen LogP contribution >= 0.6 is 15.9 Å². The minimum absolute atomic E-state index is 0.195. The molecule has 6 heteroatoms. The van der Waals surface area contributed by atoms with Crippen LogP contribution in [0.25, 0.3) is 11.0 Å². The highest BCUT2D eigenvalue weighted by Gasteiger charge is 2.14. The zero-order chi connectivity index (χ0) is 13.3. The first-order valence-electron chi connectivity index (χ1n) is 5.72. The predicted molar refractivity (Wildman–Crippen MR) is 80.1 cm³/mol. The number of aromatic nitrogens is 2. The van der Waals surface area contributed by atoms with Crippen LogP contribution in [0.3, 0.4) is 0 Å². The number of imidazole rings is 1. The first kappa shape index (κ1) is 13.5. The van der Waals surface area contributed by atoms with E-state index in [0.717, 1.165) is 21.9 Å². The highest BCUT2D eigenvalue weighted by atomic mass is 79.9. The molecule has 4 nitrogen and oxygen atoms in total. The van der Waals surface area contributed by atoms with Gasteiger partial charge in [0.25, 0.3) is 0 Å². The molecule has 2 rings (SSSR count). The Balaban J connectivity index is 2.37. The molecule has 0 aliphatic carbocycles. The van der Waals surface area contributed by atoms with E-state index in [1.54, 1.807) is 6.26 Å². The summed E-state index contributed by atoms with van der Waals surface area (Å²) >= 11 is 3.42. The summed E-state index contributed by atoms with van der Waals surface area (Å²) in [6.45, 7) is 2.08. The van der Waals surface area contributed by atoms with Gasteiger partial charge in [0, 0.05) is 33.3 Å². The summed E-state index contributed by atoms with van der Waals surface area (Å²) < 4.78 is 14.2. The number of nitrogens with zero attached hydrogens (tertiary/aromatic N) is 2. The molecule has 1 aromatic carbocycles. The van der Waals surface area contributed by atoms with Crippen molar-refractivity contribution in [3.05, 3.63) is 22.7 Å². The summed E-state index contributed by atoms with van der Waals surface area (Å²) in [7, 11) is -0.774. The fourth-order valence-corrected chi connectivity index (χ4v) is 3.04. The van der Waals surface area contributed by atoms with Crippen LogP contribution in [-0.2, 0) is 10.8 Å². The van der Waals surface area contributed by atoms with E-state index in [-0.39, 0.29) is 6.04 Å². The van der Waals surface area contributed by atoms with Crippen LogP contribution < -0.4 is 5.73 Å². The van der Waals surface area contributed by atoms with Crippen LogP contribution in [0.15, 0.2) is 22.7 Å². The molecule has 0 aliphatic rings. The van der Waals surface area contributed by atoms with Crippen molar-refractivity contribution in [3.8, 4) is 0 Å². The van der Waals surface area contributed by atoms with Crippen LogP contribution in [0.1, 0.15) is 19.4 Å². The monoisotopic (exact) mass is 329 g/mol. The number of rotatable bonds is 4. The minimum Gasteiger partial charge on any atom is -0.369 e. The Morgan fingerprint density at radius 3 is 2.94 bits per heavy atom. The van der Waals surface area contributed by atoms with Gasteiger partial charge in [0.2, 0.25) is 5.95 Å². The molecular formula is C12H16BrN3OS. The fourth-order valence-electron chi connectivity index (χ4n) is 2.02. The summed E-state index contributed by atoms with van der Waals surface area (Å²) in [5, 5.41) is 0. The zero-order valence-electron chi connectivity index (χ0n) is 10.4. The van der Waals surface area contributed by atoms with Crippen molar-refractivity contribution in [1.29, 1.82) is 0 Å². The molecule has 1 aromatic heterocycles. The number of anilines is 1. The molecule has 0 fully saturated rings. The van der Waals surface area contributed by atoms with E-state index in [0.29, 0.717) is 11.7 Å². The molecule has 0 spiro atoms. The van der Waals surface area contributed by atoms with Gasteiger partial charge in [0.15, 0.2) is 0 Å². The zero-order valence-corrected chi connectivity index (χ0v) is 12.8. The molecule has 98 valence electrons. The van der Waals surface area contributed by atoms with E-state index in [1.807, 2.05) is 22.8 Å². The maximum atomic E-state index is 11.2. The molecule has 0 bridgehead atoms. The van der Waals surface area contributed by atoms with Crippen molar-refractivity contribution < 1.29 is 4.21 Å². The van der Waals surface area contributed by atoms with Crippen LogP contribution in [0, 0.1) is 0 Å². The van der Waals surface area contributed by atoms with E-state index in [4.69, 9.17) is 5.73 Å². The normalized spacial score (nSPS) is 14.8. The fraction of sp³-hybridized carbons (Fsp3) is 0.417. The average Bonchev–Trinajstić information content (AvgIpc) is 2.61. The van der Waals surface area contributed by atoms with Gasteiger partial charge in [-0.15, -0.1) is 0 Å². The van der Waals surface area contributed by atoms with E-state index in [1.165, 1.54) is 0 Å². The highest BCUT2D eigenvalue weighted by Crippen LogP contribution is 2.26. The third-order valence-electron chi connectivity index (χ3n) is 2.94. The van der Waals surface area contributed by atoms with Crippen LogP contribution in [-0.4, -0.2) is 25.8 Å². The highest BCUT2D eigenvalue weighted by molar-refractivity contribution is 9.10. The number of fused-ring (bicyclic) bond motifs is 1. The van der Waals surface area contributed by atoms with Crippen molar-refractivity contribution in [3.63, 3.8) is 0 Å². The van der Waals surface area contributed by atoms with Gasteiger partial charge in [-0.2, -0.15) is 0 Å². The second kappa shape index (κ2) is 5.40. The van der Waals surface area contributed by atoms with Gasteiger partial charge in [-0.1, -0.05) is 15.9 Å². The molecule has 1 heterocycles. The first-order valence-corrected chi connectivity index (χ1v) is 8.24. The molecule has 2 N–H and O–H groups in total. The van der Waals surface area contributed by atoms with Crippen molar-refractivity contribution in [2.75, 3.05) is 17.7 Å². The Kier molecular flexibility index (Phi) is 4.07. The lowest BCUT2D eigenvalue weighted by Crippen LogP contribution is -2.11. The summed E-state index contributed by atoms with van der Waals surface area (Å²) in [6, 6.07) is 6.12. The van der Waals surface area contributed by atoms with E-state index in [2.05, 4.69) is 27.8 Å². The molecule has 2 atom stereocenters. The third-order valence-corrected chi connectivity index (χ3v) is 4.25. The van der Waals surface area contributed by atoms with Gasteiger partial charge in [-0.25, -0.2) is 4.98 Å². The largest absolute Gasteiger partial charge is 0.369 e. The molecule has 0 saturated heterocycles. The predicted octanol–water partition coefficient (Wildman–Crippen LogP) is 2.71. The molecule has 0 amide bonds. The van der Waals surface area contributed by atoms with Gasteiger partial charge in [-0.05, 0) is 31.5 Å². The van der Waals surface area contributed by atoms with Gasteiger partial charge in [0.1, 0.15) is 0 Å². The van der Waals surface area contributed by atoms with Gasteiger partial charge in [0.05, 0.1) is 11.0 Å². The number of nitrogen functional groups attached to an aromatic ring is 1. The van der Waals surface area contributed by atoms with Crippen LogP contribution in [0.5, 0.6) is 0 Å². The van der Waals surface area contributed by atoms with Crippen molar-refractivity contribution in [1.82, 2.24) is 9.55 Å². The van der Waals surface area contributed by atoms with Crippen molar-refractivity contribution in [2.45, 2.75) is 19.4 Å². The Labute approximate surface area is 117 Å². The second-order valence-corrected chi connectivity index (χ2v) is 6.86. The molecule has 18 heavy (non-hydrogen) atoms. The first-order chi connectivity index (χ1) is 8.49. The van der Waals surface area contributed by atoms with Crippen molar-refractivity contribution in [2.24, 2.45) is 0 Å². The molecule has 0 radical (unpaired) electrons. The summed E-state index contributed by atoms with van der Waals surface area (Å²) in [4.78, 5) is 4.36. The summed E-state index contributed by atoms with van der Waals surface area (Å²) in [5.74, 6) is 1.19. The van der Waals surface area contributed by atoms with Crippen molar-refractivity contribution >= 4 is 43.7 Å². The molecule has 0 saturated carbocycles. The maximum Gasteiger partial charge on any atom is 0.201 e. The number of hydrogen-bond acceptors (Lipinski definition) is 3. The Morgan fingerprint density at radius 2 is 2.28 bits per heavy atom. The van der Waals surface area contributed by atoms with Crippen LogP contribution in [0.2, 0.25) is 0 Å². The number of hydrogen-bond donors (Lipinski definition) is 1. The van der Waals surface area contributed by atoms with Gasteiger partial charge >= 0.3 is 0 Å². The average molecular weight is 330 g/mol. The van der Waals surface area contributed by atoms with Gasteiger partial charge in [-0.3, -0.25) is 4.21 Å². The minimum atomic E-state index is -0.774. The number of halogens is 1. The van der Waals surface area contributed by atoms with Gasteiger partial charge < -0.3 is 10.3 Å². The van der Waals surface area contributed by atoms with E-state index in [9.17, 15) is 4.21 Å². The molecule has 0 aliphatic heterocycles. The third kappa shape index (κ3) is 2.75. The number of benzene rings is 1. The Morgan fingerprint density at radius 1 is 1.56 bits per heavy atom.